The Kier molecular flexibility index (Phi) is 3.82. The molecule has 2 aromatic rings. The van der Waals surface area contributed by atoms with Crippen LogP contribution in [0.15, 0.2) is 35.5 Å². The summed E-state index contributed by atoms with van der Waals surface area (Å²) in [5.74, 6) is 0.657. The lowest BCUT2D eigenvalue weighted by Gasteiger charge is -2.07. The molecule has 19 heavy (non-hydrogen) atoms. The summed E-state index contributed by atoms with van der Waals surface area (Å²) in [6, 6.07) is 4.45. The van der Waals surface area contributed by atoms with E-state index >= 15 is 0 Å². The third kappa shape index (κ3) is 3.08. The predicted molar refractivity (Wildman–Crippen MR) is 74.8 cm³/mol. The van der Waals surface area contributed by atoms with E-state index in [2.05, 4.69) is 4.98 Å². The van der Waals surface area contributed by atoms with E-state index in [1.54, 1.807) is 23.0 Å². The maximum Gasteiger partial charge on any atom is 0.180 e. The summed E-state index contributed by atoms with van der Waals surface area (Å²) in [5, 5.41) is 0.189. The molecule has 5 nitrogen and oxygen atoms in total. The zero-order valence-corrected chi connectivity index (χ0v) is 11.9. The number of nitrogens with zero attached hydrogens (tertiary/aromatic N) is 2. The summed E-state index contributed by atoms with van der Waals surface area (Å²) in [6.07, 6.45) is 3.74. The average Bonchev–Trinajstić information content (AvgIpc) is 2.75. The number of benzene rings is 1. The molecule has 0 saturated heterocycles. The van der Waals surface area contributed by atoms with Gasteiger partial charge in [0.2, 0.25) is 0 Å². The molecule has 0 atom stereocenters. The quantitative estimate of drug-likeness (QED) is 0.871. The van der Waals surface area contributed by atoms with Crippen molar-refractivity contribution in [1.82, 2.24) is 9.55 Å². The first-order valence-corrected chi connectivity index (χ1v) is 7.67. The largest absolute Gasteiger partial charge is 0.399 e. The smallest absolute Gasteiger partial charge is 0.180 e. The number of hydrogen-bond acceptors (Lipinski definition) is 4. The number of rotatable bonds is 4. The van der Waals surface area contributed by atoms with Gasteiger partial charge in [-0.3, -0.25) is 0 Å². The van der Waals surface area contributed by atoms with E-state index < -0.39 is 9.84 Å². The van der Waals surface area contributed by atoms with Crippen LogP contribution < -0.4 is 5.73 Å². The first kappa shape index (κ1) is 13.9. The number of imidazole rings is 1. The molecule has 0 bridgehead atoms. The number of aromatic nitrogens is 2. The molecular weight excluding hydrogens is 286 g/mol. The van der Waals surface area contributed by atoms with E-state index in [1.807, 2.05) is 7.05 Å². The number of hydrogen-bond donors (Lipinski definition) is 1. The molecule has 1 aromatic carbocycles. The van der Waals surface area contributed by atoms with Gasteiger partial charge in [-0.2, -0.15) is 0 Å². The van der Waals surface area contributed by atoms with Gasteiger partial charge in [-0.1, -0.05) is 11.6 Å². The third-order valence-electron chi connectivity index (χ3n) is 2.81. The molecule has 1 aromatic heterocycles. The van der Waals surface area contributed by atoms with Crippen LogP contribution in [0.1, 0.15) is 5.82 Å². The van der Waals surface area contributed by atoms with Crippen LogP contribution in [0, 0.1) is 0 Å². The molecule has 1 heterocycles. The molecule has 2 rings (SSSR count). The summed E-state index contributed by atoms with van der Waals surface area (Å²) in [6.45, 7) is 0. The van der Waals surface area contributed by atoms with Crippen molar-refractivity contribution in [1.29, 1.82) is 0 Å². The summed E-state index contributed by atoms with van der Waals surface area (Å²) in [7, 11) is -1.65. The number of sulfone groups is 1. The summed E-state index contributed by atoms with van der Waals surface area (Å²) in [4.78, 5) is 4.17. The maximum atomic E-state index is 12.2. The average molecular weight is 300 g/mol. The zero-order valence-electron chi connectivity index (χ0n) is 10.4. The fraction of sp³-hybridized carbons (Fsp3) is 0.250. The highest BCUT2D eigenvalue weighted by molar-refractivity contribution is 7.91. The number of nitrogen functional groups attached to an aromatic ring is 1. The minimum absolute atomic E-state index is 0.0545. The summed E-state index contributed by atoms with van der Waals surface area (Å²) in [5.41, 5.74) is 5.97. The molecule has 0 aliphatic carbocycles. The van der Waals surface area contributed by atoms with E-state index in [-0.39, 0.29) is 15.7 Å². The molecule has 0 unspecified atom stereocenters. The van der Waals surface area contributed by atoms with E-state index in [0.717, 1.165) is 0 Å². The second kappa shape index (κ2) is 5.22. The van der Waals surface area contributed by atoms with Crippen molar-refractivity contribution in [3.05, 3.63) is 41.4 Å². The van der Waals surface area contributed by atoms with Gasteiger partial charge in [-0.25, -0.2) is 13.4 Å². The SMILES string of the molecule is Cn1ccnc1CCS(=O)(=O)c1cc(N)ccc1Cl. The molecule has 0 radical (unpaired) electrons. The van der Waals surface area contributed by atoms with Gasteiger partial charge in [0.05, 0.1) is 15.7 Å². The fourth-order valence-corrected chi connectivity index (χ4v) is 3.55. The molecule has 0 aliphatic rings. The molecule has 0 amide bonds. The molecule has 0 spiro atoms. The Balaban J connectivity index is 2.23. The number of aryl methyl sites for hydroxylation is 2. The van der Waals surface area contributed by atoms with Gasteiger partial charge in [-0.15, -0.1) is 0 Å². The predicted octanol–water partition coefficient (Wildman–Crippen LogP) is 1.67. The highest BCUT2D eigenvalue weighted by Gasteiger charge is 2.19. The second-order valence-electron chi connectivity index (χ2n) is 4.21. The second-order valence-corrected chi connectivity index (χ2v) is 6.70. The molecule has 0 aliphatic heterocycles. The van der Waals surface area contributed by atoms with Crippen LogP contribution in [-0.2, 0) is 23.3 Å². The van der Waals surface area contributed by atoms with Crippen LogP contribution in [0.5, 0.6) is 0 Å². The first-order valence-electron chi connectivity index (χ1n) is 5.64. The Hall–Kier alpha value is -1.53. The van der Waals surface area contributed by atoms with E-state index in [9.17, 15) is 8.42 Å². The van der Waals surface area contributed by atoms with Crippen LogP contribution in [0.2, 0.25) is 5.02 Å². The lowest BCUT2D eigenvalue weighted by atomic mass is 10.3. The van der Waals surface area contributed by atoms with E-state index in [1.165, 1.54) is 12.1 Å². The van der Waals surface area contributed by atoms with E-state index in [0.29, 0.717) is 17.9 Å². The first-order chi connectivity index (χ1) is 8.90. The van der Waals surface area contributed by atoms with E-state index in [4.69, 9.17) is 17.3 Å². The Morgan fingerprint density at radius 1 is 1.42 bits per heavy atom. The van der Waals surface area contributed by atoms with Crippen LogP contribution >= 0.6 is 11.6 Å². The van der Waals surface area contributed by atoms with Gasteiger partial charge < -0.3 is 10.3 Å². The molecule has 7 heteroatoms. The van der Waals surface area contributed by atoms with Gasteiger partial charge >= 0.3 is 0 Å². The minimum Gasteiger partial charge on any atom is -0.399 e. The van der Waals surface area contributed by atoms with Crippen molar-refractivity contribution in [3.8, 4) is 0 Å². The Morgan fingerprint density at radius 2 is 2.16 bits per heavy atom. The van der Waals surface area contributed by atoms with Gasteiger partial charge in [0.25, 0.3) is 0 Å². The normalized spacial score (nSPS) is 11.7. The molecule has 2 N–H and O–H groups in total. The van der Waals surface area contributed by atoms with Gasteiger partial charge in [-0.05, 0) is 18.2 Å². The van der Waals surface area contributed by atoms with Crippen molar-refractivity contribution in [3.63, 3.8) is 0 Å². The van der Waals surface area contributed by atoms with Gasteiger partial charge in [0.15, 0.2) is 9.84 Å². The van der Waals surface area contributed by atoms with Crippen molar-refractivity contribution < 1.29 is 8.42 Å². The number of nitrogens with two attached hydrogens (primary N) is 1. The van der Waals surface area contributed by atoms with Crippen LogP contribution in [-0.4, -0.2) is 23.7 Å². The van der Waals surface area contributed by atoms with Crippen LogP contribution in [0.25, 0.3) is 0 Å². The third-order valence-corrected chi connectivity index (χ3v) is 5.00. The Bertz CT molecular complexity index is 695. The highest BCUT2D eigenvalue weighted by Crippen LogP contribution is 2.25. The van der Waals surface area contributed by atoms with Crippen molar-refractivity contribution in [2.24, 2.45) is 7.05 Å². The maximum absolute atomic E-state index is 12.2. The Morgan fingerprint density at radius 3 is 2.79 bits per heavy atom. The monoisotopic (exact) mass is 299 g/mol. The van der Waals surface area contributed by atoms with Crippen molar-refractivity contribution in [2.45, 2.75) is 11.3 Å². The summed E-state index contributed by atoms with van der Waals surface area (Å²) >= 11 is 5.92. The van der Waals surface area contributed by atoms with Crippen molar-refractivity contribution in [2.75, 3.05) is 11.5 Å². The van der Waals surface area contributed by atoms with Crippen LogP contribution in [0.4, 0.5) is 5.69 Å². The lowest BCUT2D eigenvalue weighted by Crippen LogP contribution is -2.12. The van der Waals surface area contributed by atoms with Crippen LogP contribution in [0.3, 0.4) is 0 Å². The molecule has 102 valence electrons. The molecule has 0 fully saturated rings. The topological polar surface area (TPSA) is 78.0 Å². The molecular formula is C12H14ClN3O2S. The standard InChI is InChI=1S/C12H14ClN3O2S/c1-16-6-5-15-12(16)4-7-19(17,18)11-8-9(14)2-3-10(11)13/h2-3,5-6,8H,4,7,14H2,1H3. The number of halogens is 1. The van der Waals surface area contributed by atoms with Gasteiger partial charge in [0, 0.05) is 31.5 Å². The van der Waals surface area contributed by atoms with Gasteiger partial charge in [0.1, 0.15) is 5.82 Å². The fourth-order valence-electron chi connectivity index (χ4n) is 1.73. The van der Waals surface area contributed by atoms with Crippen molar-refractivity contribution >= 4 is 27.1 Å². The Labute approximate surface area is 116 Å². The number of anilines is 1. The summed E-state index contributed by atoms with van der Waals surface area (Å²) < 4.78 is 26.3. The highest BCUT2D eigenvalue weighted by atomic mass is 35.5. The minimum atomic E-state index is -3.47. The zero-order chi connectivity index (χ0) is 14.0. The lowest BCUT2D eigenvalue weighted by molar-refractivity contribution is 0.594. The molecule has 0 saturated carbocycles.